The molecule has 0 aliphatic carbocycles. The van der Waals surface area contributed by atoms with Crippen molar-refractivity contribution >= 4 is 5.84 Å². The number of hydrogen-bond acceptors (Lipinski definition) is 2. The molecule has 0 amide bonds. The average molecular weight is 296 g/mol. The third-order valence-electron chi connectivity index (χ3n) is 3.61. The number of unbranched alkanes of at least 4 members (excludes halogenated alkanes) is 2. The molecule has 0 fully saturated rings. The molecule has 0 saturated carbocycles. The van der Waals surface area contributed by atoms with Gasteiger partial charge >= 0.3 is 0 Å². The molecule has 3 nitrogen and oxygen atoms in total. The van der Waals surface area contributed by atoms with Crippen molar-refractivity contribution in [2.75, 3.05) is 0 Å². The maximum atomic E-state index is 7.78. The van der Waals surface area contributed by atoms with Gasteiger partial charge in [-0.05, 0) is 36.1 Å². The first-order chi connectivity index (χ1) is 10.7. The molecule has 0 radical (unpaired) electrons. The summed E-state index contributed by atoms with van der Waals surface area (Å²) in [5.74, 6) is 0.778. The van der Waals surface area contributed by atoms with E-state index in [0.29, 0.717) is 0 Å². The van der Waals surface area contributed by atoms with Crippen LogP contribution in [0.3, 0.4) is 0 Å². The summed E-state index contributed by atoms with van der Waals surface area (Å²) in [5, 5.41) is 7.78. The molecule has 2 aromatic carbocycles. The van der Waals surface area contributed by atoms with Gasteiger partial charge in [-0.1, -0.05) is 62.2 Å². The minimum absolute atomic E-state index is 0.0163. The molecule has 1 unspecified atom stereocenters. The van der Waals surface area contributed by atoms with Gasteiger partial charge in [0.05, 0.1) is 0 Å². The second-order valence-corrected chi connectivity index (χ2v) is 5.47. The molecule has 2 aromatic rings. The van der Waals surface area contributed by atoms with Crippen molar-refractivity contribution in [3.05, 3.63) is 65.7 Å². The summed E-state index contributed by atoms with van der Waals surface area (Å²) in [5.41, 5.74) is 7.87. The van der Waals surface area contributed by atoms with Gasteiger partial charge in [-0.25, -0.2) is 0 Å². The van der Waals surface area contributed by atoms with Gasteiger partial charge in [-0.2, -0.15) is 0 Å². The predicted molar refractivity (Wildman–Crippen MR) is 91.4 cm³/mol. The van der Waals surface area contributed by atoms with Gasteiger partial charge in [0, 0.05) is 0 Å². The van der Waals surface area contributed by atoms with Crippen LogP contribution in [0.1, 0.15) is 43.4 Å². The molecule has 0 aromatic heterocycles. The number of hydrogen-bond donors (Lipinski definition) is 2. The van der Waals surface area contributed by atoms with Crippen molar-refractivity contribution in [1.82, 2.24) is 0 Å². The van der Waals surface area contributed by atoms with E-state index in [9.17, 15) is 0 Å². The third-order valence-corrected chi connectivity index (χ3v) is 3.61. The Morgan fingerprint density at radius 2 is 1.86 bits per heavy atom. The van der Waals surface area contributed by atoms with E-state index in [4.69, 9.17) is 15.9 Å². The fraction of sp³-hybridized carbons (Fsp3) is 0.316. The molecule has 0 aliphatic rings. The zero-order chi connectivity index (χ0) is 15.8. The first kappa shape index (κ1) is 16.1. The Balaban J connectivity index is 2.10. The quantitative estimate of drug-likeness (QED) is 0.429. The zero-order valence-electron chi connectivity index (χ0n) is 13.1. The molecular weight excluding hydrogens is 272 g/mol. The maximum Gasteiger partial charge on any atom is 0.180 e. The van der Waals surface area contributed by atoms with E-state index in [-0.39, 0.29) is 5.84 Å². The smallest absolute Gasteiger partial charge is 0.180 e. The summed E-state index contributed by atoms with van der Waals surface area (Å²) in [4.78, 5) is 0. The Kier molecular flexibility index (Phi) is 6.01. The largest absolute Gasteiger partial charge is 0.478 e. The zero-order valence-corrected chi connectivity index (χ0v) is 13.1. The lowest BCUT2D eigenvalue weighted by Gasteiger charge is -2.18. The van der Waals surface area contributed by atoms with E-state index in [2.05, 4.69) is 19.1 Å². The highest BCUT2D eigenvalue weighted by Gasteiger charge is 2.16. The van der Waals surface area contributed by atoms with Crippen LogP contribution < -0.4 is 10.5 Å². The molecule has 0 aliphatic heterocycles. The van der Waals surface area contributed by atoms with Crippen molar-refractivity contribution < 1.29 is 4.74 Å². The van der Waals surface area contributed by atoms with Crippen LogP contribution >= 0.6 is 0 Å². The van der Waals surface area contributed by atoms with Crippen LogP contribution in [0.15, 0.2) is 54.6 Å². The van der Waals surface area contributed by atoms with E-state index < -0.39 is 6.10 Å². The first-order valence-corrected chi connectivity index (χ1v) is 7.85. The Bertz CT molecular complexity index is 595. The van der Waals surface area contributed by atoms with Crippen molar-refractivity contribution in [2.24, 2.45) is 5.73 Å². The molecule has 0 heterocycles. The van der Waals surface area contributed by atoms with Gasteiger partial charge in [-0.15, -0.1) is 0 Å². The van der Waals surface area contributed by atoms with Crippen molar-refractivity contribution in [3.63, 3.8) is 0 Å². The number of amidine groups is 1. The Morgan fingerprint density at radius 1 is 1.09 bits per heavy atom. The highest BCUT2D eigenvalue weighted by Crippen LogP contribution is 2.23. The van der Waals surface area contributed by atoms with Crippen molar-refractivity contribution in [1.29, 1.82) is 5.41 Å². The minimum atomic E-state index is -0.535. The van der Waals surface area contributed by atoms with Crippen LogP contribution in [0.25, 0.3) is 0 Å². The summed E-state index contributed by atoms with van der Waals surface area (Å²) < 4.78 is 5.96. The molecule has 0 bridgehead atoms. The summed E-state index contributed by atoms with van der Waals surface area (Å²) in [6.45, 7) is 2.21. The summed E-state index contributed by atoms with van der Waals surface area (Å²) in [6.07, 6.45) is 4.17. The molecular formula is C19H24N2O. The van der Waals surface area contributed by atoms with Crippen LogP contribution in [-0.2, 0) is 6.42 Å². The molecule has 116 valence electrons. The number of aryl methyl sites for hydroxylation is 1. The lowest BCUT2D eigenvalue weighted by Crippen LogP contribution is -2.25. The van der Waals surface area contributed by atoms with Gasteiger partial charge in [0.15, 0.2) is 6.10 Å². The fourth-order valence-corrected chi connectivity index (χ4v) is 2.43. The molecule has 2 rings (SSSR count). The lowest BCUT2D eigenvalue weighted by atomic mass is 10.1. The lowest BCUT2D eigenvalue weighted by molar-refractivity contribution is 0.271. The Labute approximate surface area is 132 Å². The normalized spacial score (nSPS) is 11.9. The predicted octanol–water partition coefficient (Wildman–Crippen LogP) is 4.48. The van der Waals surface area contributed by atoms with Crippen LogP contribution in [0.2, 0.25) is 0 Å². The number of benzene rings is 2. The van der Waals surface area contributed by atoms with Gasteiger partial charge in [-0.3, -0.25) is 5.41 Å². The topological polar surface area (TPSA) is 59.1 Å². The second kappa shape index (κ2) is 8.23. The van der Waals surface area contributed by atoms with Crippen LogP contribution in [-0.4, -0.2) is 5.84 Å². The number of rotatable bonds is 8. The molecule has 3 heteroatoms. The summed E-state index contributed by atoms with van der Waals surface area (Å²) in [7, 11) is 0. The number of nitrogens with two attached hydrogens (primary N) is 1. The van der Waals surface area contributed by atoms with Gasteiger partial charge in [0.25, 0.3) is 0 Å². The maximum absolute atomic E-state index is 7.78. The van der Waals surface area contributed by atoms with E-state index in [1.165, 1.54) is 24.8 Å². The minimum Gasteiger partial charge on any atom is -0.478 e. The second-order valence-electron chi connectivity index (χ2n) is 5.47. The van der Waals surface area contributed by atoms with E-state index >= 15 is 0 Å². The Hall–Kier alpha value is -2.29. The third kappa shape index (κ3) is 4.62. The molecule has 22 heavy (non-hydrogen) atoms. The highest BCUT2D eigenvalue weighted by molar-refractivity contribution is 5.83. The van der Waals surface area contributed by atoms with E-state index in [1.54, 1.807) is 0 Å². The van der Waals surface area contributed by atoms with Crippen LogP contribution in [0.5, 0.6) is 5.75 Å². The first-order valence-electron chi connectivity index (χ1n) is 7.85. The summed E-state index contributed by atoms with van der Waals surface area (Å²) in [6, 6.07) is 17.7. The fourth-order valence-electron chi connectivity index (χ4n) is 2.43. The van der Waals surface area contributed by atoms with Crippen LogP contribution in [0.4, 0.5) is 0 Å². The van der Waals surface area contributed by atoms with Gasteiger partial charge in [0.2, 0.25) is 0 Å². The van der Waals surface area contributed by atoms with Gasteiger partial charge < -0.3 is 10.5 Å². The summed E-state index contributed by atoms with van der Waals surface area (Å²) >= 11 is 0. The molecule has 0 spiro atoms. The average Bonchev–Trinajstić information content (AvgIpc) is 2.54. The highest BCUT2D eigenvalue weighted by atomic mass is 16.5. The molecule has 0 saturated heterocycles. The van der Waals surface area contributed by atoms with E-state index in [1.807, 2.05) is 42.5 Å². The van der Waals surface area contributed by atoms with Gasteiger partial charge in [0.1, 0.15) is 11.6 Å². The van der Waals surface area contributed by atoms with Crippen LogP contribution in [0, 0.1) is 5.41 Å². The Morgan fingerprint density at radius 3 is 2.55 bits per heavy atom. The standard InChI is InChI=1S/C19H24N2O/c1-2-3-5-9-15-10-8-13-17(14-15)22-18(19(20)21)16-11-6-4-7-12-16/h4,6-8,10-14,18H,2-3,5,9H2,1H3,(H3,20,21). The number of ether oxygens (including phenoxy) is 1. The SMILES string of the molecule is CCCCCc1cccc(OC(C(=N)N)c2ccccc2)c1. The van der Waals surface area contributed by atoms with Crippen molar-refractivity contribution in [2.45, 2.75) is 38.7 Å². The monoisotopic (exact) mass is 296 g/mol. The van der Waals surface area contributed by atoms with Crippen molar-refractivity contribution in [3.8, 4) is 5.75 Å². The number of nitrogens with one attached hydrogen (secondary N) is 1. The van der Waals surface area contributed by atoms with E-state index in [0.717, 1.165) is 17.7 Å². The molecule has 3 N–H and O–H groups in total. The molecule has 1 atom stereocenters.